The van der Waals surface area contributed by atoms with Crippen molar-refractivity contribution < 1.29 is 151 Å². The van der Waals surface area contributed by atoms with Gasteiger partial charge in [-0.1, -0.05) is 46.5 Å². The summed E-state index contributed by atoms with van der Waals surface area (Å²) in [6.07, 6.45) is -2.80. The second-order valence-corrected chi connectivity index (χ2v) is 33.4. The Kier molecular flexibility index (Phi) is 55.6. The Morgan fingerprint density at radius 1 is 0.385 bits per heavy atom. The lowest BCUT2D eigenvalue weighted by Crippen LogP contribution is -2.65. The molecule has 0 bridgehead atoms. The number of Topliss-reactive ketones (excluding diaryl/α,β-unsaturated/α-hetero) is 4. The number of carbonyl (C=O) groups is 10. The summed E-state index contributed by atoms with van der Waals surface area (Å²) in [7, 11) is -3.66. The number of carbonyl (C=O) groups excluding carboxylic acids is 10. The molecule has 3 fully saturated rings. The minimum absolute atomic E-state index is 0.00235. The first kappa shape index (κ1) is 106. The SMILES string of the molecule is CC(=O)NC1[C@H](OCCCCC(=O)NCCCNC(=O)CCOCC(COCCC(=O)CCCCCC(=O)CCCCOC[C@@H]2OC(CO)[C@H](O)[C@H](O)C2NC(C)=O)(COCCC(=O)CCCCCC(=O)CCCCO[C@@H]2OC(CO)[C@H](O)[C@H](O)C2C)NC(=O)CCCC(=O)NCCCCCCOP(=O)(O)C(C)C)OC(CO)C(O)[C@@H]1O. The molecule has 3 aliphatic rings. The highest BCUT2D eigenvalue weighted by atomic mass is 31.2. The van der Waals surface area contributed by atoms with Crippen molar-refractivity contribution in [2.45, 2.75) is 324 Å². The summed E-state index contributed by atoms with van der Waals surface area (Å²) in [5.41, 5.74) is -1.97. The van der Waals surface area contributed by atoms with Crippen molar-refractivity contribution in [2.24, 2.45) is 5.92 Å². The number of hydrogen-bond donors (Lipinski definition) is 16. The Balaban J connectivity index is 1.58. The molecule has 0 aliphatic carbocycles. The van der Waals surface area contributed by atoms with Gasteiger partial charge in [-0.15, -0.1) is 0 Å². The topological polar surface area (TPSA) is 555 Å². The molecule has 678 valence electrons. The van der Waals surface area contributed by atoms with Crippen LogP contribution in [0.15, 0.2) is 0 Å². The summed E-state index contributed by atoms with van der Waals surface area (Å²) in [5.74, 6) is -2.97. The maximum absolute atomic E-state index is 14.0. The number of rotatable bonds is 69. The van der Waals surface area contributed by atoms with E-state index in [-0.39, 0.29) is 184 Å². The van der Waals surface area contributed by atoms with Gasteiger partial charge in [-0.3, -0.25) is 52.5 Å². The van der Waals surface area contributed by atoms with E-state index in [9.17, 15) is 103 Å². The van der Waals surface area contributed by atoms with Crippen molar-refractivity contribution in [1.82, 2.24) is 31.9 Å². The van der Waals surface area contributed by atoms with E-state index in [0.717, 1.165) is 12.8 Å². The van der Waals surface area contributed by atoms with Crippen LogP contribution >= 0.6 is 7.60 Å². The second kappa shape index (κ2) is 61.3. The third-order valence-corrected chi connectivity index (χ3v) is 22.2. The molecule has 16 N–H and O–H groups in total. The zero-order chi connectivity index (χ0) is 86.6. The van der Waals surface area contributed by atoms with Crippen LogP contribution < -0.4 is 31.9 Å². The maximum atomic E-state index is 14.0. The lowest BCUT2D eigenvalue weighted by molar-refractivity contribution is -0.282. The van der Waals surface area contributed by atoms with Gasteiger partial charge < -0.3 is 130 Å². The fraction of sp³-hybridized carbons (Fsp3) is 0.873. The molecule has 0 radical (unpaired) electrons. The van der Waals surface area contributed by atoms with E-state index < -0.39 is 148 Å². The maximum Gasteiger partial charge on any atom is 0.330 e. The number of unbranched alkanes of at least 4 members (excludes halogenated alkanes) is 10. The Labute approximate surface area is 688 Å². The minimum atomic E-state index is -3.66. The van der Waals surface area contributed by atoms with Crippen LogP contribution in [-0.2, 0) is 99.7 Å². The Bertz CT molecular complexity index is 2910. The first-order chi connectivity index (χ1) is 55.9. The number of hydrogen-bond acceptors (Lipinski definition) is 30. The van der Waals surface area contributed by atoms with E-state index in [4.69, 9.17) is 47.2 Å². The third-order valence-electron chi connectivity index (χ3n) is 20.3. The van der Waals surface area contributed by atoms with Crippen LogP contribution in [0.3, 0.4) is 0 Å². The number of aliphatic hydroxyl groups excluding tert-OH is 9. The molecular weight excluding hydrogens is 1560 g/mol. The van der Waals surface area contributed by atoms with E-state index >= 15 is 0 Å². The third kappa shape index (κ3) is 45.1. The van der Waals surface area contributed by atoms with Crippen molar-refractivity contribution in [3.05, 3.63) is 0 Å². The zero-order valence-electron chi connectivity index (χ0n) is 69.5. The Hall–Kier alpha value is -5.07. The van der Waals surface area contributed by atoms with E-state index in [1.165, 1.54) is 13.8 Å². The first-order valence-electron chi connectivity index (χ1n) is 42.0. The summed E-state index contributed by atoms with van der Waals surface area (Å²) in [4.78, 5) is 138. The van der Waals surface area contributed by atoms with Crippen molar-refractivity contribution in [2.75, 3.05) is 112 Å². The van der Waals surface area contributed by atoms with E-state index in [1.54, 1.807) is 20.8 Å². The van der Waals surface area contributed by atoms with Gasteiger partial charge in [0.2, 0.25) is 35.4 Å². The minimum Gasteiger partial charge on any atom is -0.394 e. The number of nitrogens with one attached hydrogen (secondary N) is 6. The molecule has 9 unspecified atom stereocenters. The highest BCUT2D eigenvalue weighted by Crippen LogP contribution is 2.47. The van der Waals surface area contributed by atoms with Crippen LogP contribution in [0.4, 0.5) is 0 Å². The van der Waals surface area contributed by atoms with E-state index in [1.807, 2.05) is 0 Å². The molecule has 117 heavy (non-hydrogen) atoms. The number of ketones is 4. The van der Waals surface area contributed by atoms with Crippen molar-refractivity contribution in [3.8, 4) is 0 Å². The van der Waals surface area contributed by atoms with Crippen LogP contribution in [-0.4, -0.2) is 318 Å². The molecule has 0 aromatic heterocycles. The van der Waals surface area contributed by atoms with Gasteiger partial charge in [0.05, 0.1) is 90.5 Å². The van der Waals surface area contributed by atoms with Gasteiger partial charge >= 0.3 is 7.60 Å². The predicted octanol–water partition coefficient (Wildman–Crippen LogP) is 0.884. The van der Waals surface area contributed by atoms with Gasteiger partial charge in [0.15, 0.2) is 12.6 Å². The lowest BCUT2D eigenvalue weighted by atomic mass is 9.92. The molecule has 37 nitrogen and oxygen atoms in total. The molecular formula is C79H141N6O31P. The zero-order valence-corrected chi connectivity index (χ0v) is 70.4. The largest absolute Gasteiger partial charge is 0.394 e. The van der Waals surface area contributed by atoms with Gasteiger partial charge in [0.1, 0.15) is 89.6 Å². The van der Waals surface area contributed by atoms with Crippen LogP contribution in [0, 0.1) is 5.92 Å². The highest BCUT2D eigenvalue weighted by molar-refractivity contribution is 7.53. The number of ether oxygens (including phenoxy) is 9. The van der Waals surface area contributed by atoms with Gasteiger partial charge in [0.25, 0.3) is 0 Å². The summed E-state index contributed by atoms with van der Waals surface area (Å²) in [6, 6.07) is -2.06. The van der Waals surface area contributed by atoms with Crippen molar-refractivity contribution >= 4 is 66.2 Å². The quantitative estimate of drug-likeness (QED) is 0.0297. The Morgan fingerprint density at radius 3 is 1.26 bits per heavy atom. The van der Waals surface area contributed by atoms with Gasteiger partial charge in [-0.2, -0.15) is 0 Å². The molecule has 3 saturated heterocycles. The summed E-state index contributed by atoms with van der Waals surface area (Å²) in [6.45, 7) is 6.23. The average molecular weight is 1700 g/mol. The standard InChI is InChI=1S/C79H141N6O31P/c1-53(2)117(105,106)113-42-18-7-6-17-36-80-66(96)31-22-32-68(98)85-79(51-109-44-34-60(94)27-13-9-11-25-58(92)29-15-20-40-111-77-54(3)71(99)72(100)62(47-87)115-77,52-110-45-35-67(97)82-38-23-37-81-65(95)30-16-21-41-112-78-70(84-56(5)90)76(104)74(102)63(48-88)116-78)50-108-43-33-59(93)26-12-8-10-24-57(91)28-14-19-39-107-49-64-69(83-55(4)89)75(103)73(101)61(46-86)114-64/h53-54,61-64,69-78,86-88,99-104H,6-52H2,1-5H3,(H,80,96)(H,81,95)(H,82,97)(H,83,89)(H,84,90)(H,85,98)(H,105,106)/t54?,61?,62?,63?,64-,69?,70?,71+,72-,73-,74?,75+,76+,77+,78+,79?/m0/s1. The fourth-order valence-corrected chi connectivity index (χ4v) is 13.8. The van der Waals surface area contributed by atoms with Crippen molar-refractivity contribution in [3.63, 3.8) is 0 Å². The Morgan fingerprint density at radius 2 is 0.761 bits per heavy atom. The van der Waals surface area contributed by atoms with Crippen LogP contribution in [0.5, 0.6) is 0 Å². The van der Waals surface area contributed by atoms with Crippen LogP contribution in [0.1, 0.15) is 227 Å². The predicted molar refractivity (Wildman–Crippen MR) is 422 cm³/mol. The van der Waals surface area contributed by atoms with Gasteiger partial charge in [-0.05, 0) is 89.9 Å². The van der Waals surface area contributed by atoms with E-state index in [0.29, 0.717) is 129 Å². The van der Waals surface area contributed by atoms with Crippen LogP contribution in [0.2, 0.25) is 0 Å². The molecule has 0 aromatic rings. The molecule has 0 aromatic carbocycles. The summed E-state index contributed by atoms with van der Waals surface area (Å²) in [5, 5.41) is 107. The fourth-order valence-electron chi connectivity index (χ4n) is 13.2. The molecule has 3 rings (SSSR count). The normalized spacial score (nSPS) is 24.4. The monoisotopic (exact) mass is 1700 g/mol. The first-order valence-corrected chi connectivity index (χ1v) is 43.6. The molecule has 6 amide bonds. The molecule has 3 heterocycles. The average Bonchev–Trinajstić information content (AvgIpc) is 0.810. The lowest BCUT2D eigenvalue weighted by Gasteiger charge is -2.42. The molecule has 0 saturated carbocycles. The second-order valence-electron chi connectivity index (χ2n) is 31.0. The molecule has 38 heteroatoms. The van der Waals surface area contributed by atoms with Crippen LogP contribution in [0.25, 0.3) is 0 Å². The molecule has 3 aliphatic heterocycles. The highest BCUT2D eigenvalue weighted by Gasteiger charge is 2.47. The summed E-state index contributed by atoms with van der Waals surface area (Å²) >= 11 is 0. The smallest absolute Gasteiger partial charge is 0.330 e. The van der Waals surface area contributed by atoms with Gasteiger partial charge in [0, 0.05) is 136 Å². The summed E-state index contributed by atoms with van der Waals surface area (Å²) < 4.78 is 69.7. The molecule has 17 atom stereocenters. The molecule has 0 spiro atoms. The number of aliphatic hydroxyl groups is 9. The van der Waals surface area contributed by atoms with Gasteiger partial charge in [-0.25, -0.2) is 0 Å². The van der Waals surface area contributed by atoms with E-state index in [2.05, 4.69) is 31.9 Å². The van der Waals surface area contributed by atoms with Crippen molar-refractivity contribution in [1.29, 1.82) is 0 Å². The number of amides is 6.